The summed E-state index contributed by atoms with van der Waals surface area (Å²) in [5.74, 6) is 0.436. The zero-order valence-electron chi connectivity index (χ0n) is 18.0. The van der Waals surface area contributed by atoms with Gasteiger partial charge < -0.3 is 0 Å². The second-order valence-corrected chi connectivity index (χ2v) is 11.1. The number of rotatable bonds is 9. The average Bonchev–Trinajstić information content (AvgIpc) is 3.09. The second kappa shape index (κ2) is 9.82. The molecule has 1 aromatic carbocycles. The molecule has 0 spiro atoms. The summed E-state index contributed by atoms with van der Waals surface area (Å²) in [7, 11) is -3.61. The Balaban J connectivity index is 2.17. The molecule has 1 heterocycles. The number of hydrogen-bond donors (Lipinski definition) is 1. The molecule has 1 N–H and O–H groups in total. The molecule has 0 bridgehead atoms. The molecule has 160 valence electrons. The minimum Gasteiger partial charge on any atom is -0.298 e. The zero-order chi connectivity index (χ0) is 21.8. The number of thiazole rings is 1. The Kier molecular flexibility index (Phi) is 7.96. The lowest BCUT2D eigenvalue weighted by atomic mass is 10.2. The SMILES string of the molecule is CC(C)CN(CC(C)C)S(=O)(=O)c1ccc(C(=O)Nc2nc(C(C)C)cs2)cc1. The van der Waals surface area contributed by atoms with Crippen molar-refractivity contribution >= 4 is 32.4 Å². The number of benzene rings is 1. The van der Waals surface area contributed by atoms with Crippen LogP contribution in [0.5, 0.6) is 0 Å². The number of sulfonamides is 1. The van der Waals surface area contributed by atoms with Crippen LogP contribution in [0.2, 0.25) is 0 Å². The molecule has 29 heavy (non-hydrogen) atoms. The second-order valence-electron chi connectivity index (χ2n) is 8.32. The quantitative estimate of drug-likeness (QED) is 0.610. The van der Waals surface area contributed by atoms with E-state index >= 15 is 0 Å². The number of hydrogen-bond acceptors (Lipinski definition) is 5. The average molecular weight is 438 g/mol. The van der Waals surface area contributed by atoms with Crippen molar-refractivity contribution in [2.24, 2.45) is 11.8 Å². The Bertz CT molecular complexity index is 907. The lowest BCUT2D eigenvalue weighted by Gasteiger charge is -2.25. The molecule has 1 aromatic heterocycles. The first kappa shape index (κ1) is 23.5. The third-order valence-corrected chi connectivity index (χ3v) is 6.85. The van der Waals surface area contributed by atoms with Gasteiger partial charge in [-0.3, -0.25) is 10.1 Å². The third-order valence-electron chi connectivity index (χ3n) is 4.23. The van der Waals surface area contributed by atoms with Crippen LogP contribution in [0.1, 0.15) is 63.5 Å². The summed E-state index contributed by atoms with van der Waals surface area (Å²) in [5, 5.41) is 5.24. The molecular formula is C21H31N3O3S2. The molecule has 0 radical (unpaired) electrons. The van der Waals surface area contributed by atoms with E-state index in [1.165, 1.54) is 27.8 Å². The molecule has 1 amide bonds. The van der Waals surface area contributed by atoms with Crippen LogP contribution in [0.3, 0.4) is 0 Å². The predicted molar refractivity (Wildman–Crippen MR) is 119 cm³/mol. The number of carbonyl (C=O) groups is 1. The minimum absolute atomic E-state index is 0.201. The van der Waals surface area contributed by atoms with Gasteiger partial charge in [-0.1, -0.05) is 41.5 Å². The van der Waals surface area contributed by atoms with Crippen LogP contribution in [-0.2, 0) is 10.0 Å². The normalized spacial score (nSPS) is 12.3. The van der Waals surface area contributed by atoms with E-state index in [2.05, 4.69) is 10.3 Å². The van der Waals surface area contributed by atoms with Crippen molar-refractivity contribution in [2.45, 2.75) is 52.4 Å². The summed E-state index contributed by atoms with van der Waals surface area (Å²) in [6.07, 6.45) is 0. The van der Waals surface area contributed by atoms with Crippen LogP contribution in [0.25, 0.3) is 0 Å². The standard InChI is InChI=1S/C21H31N3O3S2/c1-14(2)11-24(12-15(3)4)29(26,27)18-9-7-17(8-10-18)20(25)23-21-22-19(13-28-21)16(5)6/h7-10,13-16H,11-12H2,1-6H3,(H,22,23,25). The first-order valence-electron chi connectivity index (χ1n) is 9.87. The summed E-state index contributed by atoms with van der Waals surface area (Å²) in [5.41, 5.74) is 1.33. The van der Waals surface area contributed by atoms with Gasteiger partial charge in [-0.05, 0) is 42.0 Å². The van der Waals surface area contributed by atoms with Crippen LogP contribution in [0.4, 0.5) is 5.13 Å². The monoisotopic (exact) mass is 437 g/mol. The van der Waals surface area contributed by atoms with Gasteiger partial charge in [0.15, 0.2) is 5.13 Å². The van der Waals surface area contributed by atoms with E-state index in [1.807, 2.05) is 46.9 Å². The topological polar surface area (TPSA) is 79.4 Å². The van der Waals surface area contributed by atoms with E-state index in [-0.39, 0.29) is 22.6 Å². The molecule has 6 nitrogen and oxygen atoms in total. The highest BCUT2D eigenvalue weighted by atomic mass is 32.2. The van der Waals surface area contributed by atoms with Crippen molar-refractivity contribution in [1.29, 1.82) is 0 Å². The van der Waals surface area contributed by atoms with Gasteiger partial charge >= 0.3 is 0 Å². The maximum atomic E-state index is 13.1. The van der Waals surface area contributed by atoms with Crippen molar-refractivity contribution in [1.82, 2.24) is 9.29 Å². The number of carbonyl (C=O) groups excluding carboxylic acids is 1. The van der Waals surface area contributed by atoms with E-state index in [0.717, 1.165) is 5.69 Å². The van der Waals surface area contributed by atoms with Crippen LogP contribution in [-0.4, -0.2) is 36.7 Å². The third kappa shape index (κ3) is 6.35. The Morgan fingerprint density at radius 2 is 1.59 bits per heavy atom. The lowest BCUT2D eigenvalue weighted by molar-refractivity contribution is 0.102. The Morgan fingerprint density at radius 1 is 1.03 bits per heavy atom. The maximum absolute atomic E-state index is 13.1. The number of aromatic nitrogens is 1. The molecule has 0 aliphatic carbocycles. The molecule has 8 heteroatoms. The van der Waals surface area contributed by atoms with Gasteiger partial charge in [0.1, 0.15) is 0 Å². The fraction of sp³-hybridized carbons (Fsp3) is 0.524. The van der Waals surface area contributed by atoms with Crippen molar-refractivity contribution in [3.63, 3.8) is 0 Å². The molecule has 0 fully saturated rings. The highest BCUT2D eigenvalue weighted by Crippen LogP contribution is 2.23. The molecule has 0 saturated heterocycles. The molecule has 0 atom stereocenters. The minimum atomic E-state index is -3.61. The van der Waals surface area contributed by atoms with Crippen molar-refractivity contribution in [2.75, 3.05) is 18.4 Å². The van der Waals surface area contributed by atoms with Gasteiger partial charge in [-0.15, -0.1) is 11.3 Å². The summed E-state index contributed by atoms with van der Waals surface area (Å²) < 4.78 is 27.6. The molecule has 0 saturated carbocycles. The van der Waals surface area contributed by atoms with Crippen molar-refractivity contribution in [3.8, 4) is 0 Å². The lowest BCUT2D eigenvalue weighted by Crippen LogP contribution is -2.37. The van der Waals surface area contributed by atoms with Gasteiger partial charge in [0, 0.05) is 24.0 Å². The van der Waals surface area contributed by atoms with Crippen LogP contribution >= 0.6 is 11.3 Å². The van der Waals surface area contributed by atoms with Crippen LogP contribution in [0.15, 0.2) is 34.5 Å². The zero-order valence-corrected chi connectivity index (χ0v) is 19.6. The molecule has 0 aliphatic rings. The van der Waals surface area contributed by atoms with Gasteiger partial charge in [0.25, 0.3) is 5.91 Å². The highest BCUT2D eigenvalue weighted by Gasteiger charge is 2.26. The molecule has 2 rings (SSSR count). The van der Waals surface area contributed by atoms with Gasteiger partial charge in [0.05, 0.1) is 10.6 Å². The highest BCUT2D eigenvalue weighted by molar-refractivity contribution is 7.89. The number of amides is 1. The first-order valence-corrected chi connectivity index (χ1v) is 12.2. The van der Waals surface area contributed by atoms with Gasteiger partial charge in [0.2, 0.25) is 10.0 Å². The predicted octanol–water partition coefficient (Wildman–Crippen LogP) is 4.82. The van der Waals surface area contributed by atoms with E-state index in [4.69, 9.17) is 0 Å². The smallest absolute Gasteiger partial charge is 0.257 e. The number of anilines is 1. The van der Waals surface area contributed by atoms with Crippen LogP contribution in [0, 0.1) is 11.8 Å². The van der Waals surface area contributed by atoms with Gasteiger partial charge in [-0.25, -0.2) is 13.4 Å². The van der Waals surface area contributed by atoms with Gasteiger partial charge in [-0.2, -0.15) is 4.31 Å². The molecular weight excluding hydrogens is 406 g/mol. The summed E-state index contributed by atoms with van der Waals surface area (Å²) in [6, 6.07) is 6.09. The molecule has 0 unspecified atom stereocenters. The van der Waals surface area contributed by atoms with Crippen LogP contribution < -0.4 is 5.32 Å². The van der Waals surface area contributed by atoms with Crippen molar-refractivity contribution in [3.05, 3.63) is 40.9 Å². The van der Waals surface area contributed by atoms with E-state index in [9.17, 15) is 13.2 Å². The summed E-state index contributed by atoms with van der Waals surface area (Å²) >= 11 is 1.38. The Labute approximate surface area is 178 Å². The van der Waals surface area contributed by atoms with E-state index in [1.54, 1.807) is 12.1 Å². The maximum Gasteiger partial charge on any atom is 0.257 e. The summed E-state index contributed by atoms with van der Waals surface area (Å²) in [6.45, 7) is 13.0. The number of nitrogens with zero attached hydrogens (tertiary/aromatic N) is 2. The van der Waals surface area contributed by atoms with E-state index in [0.29, 0.717) is 29.7 Å². The molecule has 0 aliphatic heterocycles. The Hall–Kier alpha value is -1.77. The fourth-order valence-corrected chi connectivity index (χ4v) is 5.42. The molecule has 2 aromatic rings. The fourth-order valence-electron chi connectivity index (χ4n) is 2.79. The largest absolute Gasteiger partial charge is 0.298 e. The number of nitrogens with one attached hydrogen (secondary N) is 1. The Morgan fingerprint density at radius 3 is 2.03 bits per heavy atom. The first-order chi connectivity index (χ1) is 13.5. The van der Waals surface area contributed by atoms with E-state index < -0.39 is 10.0 Å². The summed E-state index contributed by atoms with van der Waals surface area (Å²) in [4.78, 5) is 17.1. The van der Waals surface area contributed by atoms with Crippen molar-refractivity contribution < 1.29 is 13.2 Å².